The van der Waals surface area contributed by atoms with Gasteiger partial charge in [0.25, 0.3) is 0 Å². The molecule has 3 rings (SSSR count). The largest absolute Gasteiger partial charge is 0.480 e. The maximum absolute atomic E-state index is 13.3. The minimum absolute atomic E-state index is 0.283. The number of benzene rings is 1. The van der Waals surface area contributed by atoms with Crippen molar-refractivity contribution >= 4 is 17.7 Å². The van der Waals surface area contributed by atoms with E-state index in [0.29, 0.717) is 19.5 Å². The number of carbonyl (C=O) groups excluding carboxylic acids is 1. The van der Waals surface area contributed by atoms with E-state index in [4.69, 9.17) is 4.98 Å². The van der Waals surface area contributed by atoms with Crippen molar-refractivity contribution in [1.82, 2.24) is 15.2 Å². The molecule has 1 aliphatic rings. The monoisotopic (exact) mass is 456 g/mol. The molecular formula is C25H33FN4O3. The van der Waals surface area contributed by atoms with E-state index in [9.17, 15) is 19.1 Å². The first-order valence-electron chi connectivity index (χ1n) is 11.6. The Balaban J connectivity index is 1.54. The number of carboxylic acids is 1. The molecule has 0 saturated carbocycles. The number of aromatic nitrogens is 1. The van der Waals surface area contributed by atoms with Gasteiger partial charge in [-0.2, -0.15) is 0 Å². The smallest absolute Gasteiger partial charge is 0.326 e. The average molecular weight is 457 g/mol. The molecule has 8 heteroatoms. The molecule has 1 unspecified atom stereocenters. The molecule has 1 aromatic heterocycles. The van der Waals surface area contributed by atoms with Crippen LogP contribution in [0.5, 0.6) is 0 Å². The molecule has 1 amide bonds. The summed E-state index contributed by atoms with van der Waals surface area (Å²) in [4.78, 5) is 29.7. The highest BCUT2D eigenvalue weighted by atomic mass is 19.1. The Morgan fingerprint density at radius 3 is 2.70 bits per heavy atom. The fourth-order valence-electron chi connectivity index (χ4n) is 4.08. The SMILES string of the molecule is CC(=O)NC(CCN(CCCCc1ccc2c(n1)NCCC2)Cc1ccc(F)cc1)C(=O)O. The standard InChI is InChI=1S/C25H33FN4O3/c1-18(31)28-23(25(32)33)13-16-30(17-19-7-10-21(26)11-8-19)15-3-2-6-22-12-9-20-5-4-14-27-24(20)29-22/h7-12,23H,2-6,13-17H2,1H3,(H,27,29)(H,28,31)(H,32,33). The number of hydrogen-bond donors (Lipinski definition) is 3. The topological polar surface area (TPSA) is 94.6 Å². The molecular weight excluding hydrogens is 423 g/mol. The van der Waals surface area contributed by atoms with Crippen LogP contribution in [0.4, 0.5) is 10.2 Å². The maximum atomic E-state index is 13.3. The molecule has 0 radical (unpaired) electrons. The van der Waals surface area contributed by atoms with Gasteiger partial charge in [0.1, 0.15) is 17.7 Å². The van der Waals surface area contributed by atoms with E-state index < -0.39 is 12.0 Å². The summed E-state index contributed by atoms with van der Waals surface area (Å²) in [6.45, 7) is 4.16. The summed E-state index contributed by atoms with van der Waals surface area (Å²) in [7, 11) is 0. The van der Waals surface area contributed by atoms with Crippen LogP contribution in [0.3, 0.4) is 0 Å². The third-order valence-electron chi connectivity index (χ3n) is 5.84. The molecule has 0 bridgehead atoms. The second kappa shape index (κ2) is 12.3. The molecule has 0 saturated heterocycles. The fourth-order valence-corrected chi connectivity index (χ4v) is 4.08. The van der Waals surface area contributed by atoms with Crippen LogP contribution in [-0.2, 0) is 29.0 Å². The predicted octanol–water partition coefficient (Wildman–Crippen LogP) is 3.38. The van der Waals surface area contributed by atoms with Crippen LogP contribution < -0.4 is 10.6 Å². The van der Waals surface area contributed by atoms with Crippen LogP contribution in [-0.4, -0.2) is 52.5 Å². The zero-order valence-electron chi connectivity index (χ0n) is 19.1. The molecule has 3 N–H and O–H groups in total. The van der Waals surface area contributed by atoms with Crippen molar-refractivity contribution < 1.29 is 19.1 Å². The van der Waals surface area contributed by atoms with E-state index in [1.807, 2.05) is 0 Å². The number of carbonyl (C=O) groups is 2. The second-order valence-corrected chi connectivity index (χ2v) is 8.58. The van der Waals surface area contributed by atoms with Crippen LogP contribution in [0.2, 0.25) is 0 Å². The van der Waals surface area contributed by atoms with Gasteiger partial charge in [-0.15, -0.1) is 0 Å². The zero-order chi connectivity index (χ0) is 23.6. The first-order valence-corrected chi connectivity index (χ1v) is 11.6. The van der Waals surface area contributed by atoms with Crippen molar-refractivity contribution in [3.05, 3.63) is 59.0 Å². The summed E-state index contributed by atoms with van der Waals surface area (Å²) in [5.41, 5.74) is 3.32. The predicted molar refractivity (Wildman–Crippen MR) is 126 cm³/mol. The van der Waals surface area contributed by atoms with Gasteiger partial charge in [0.05, 0.1) is 0 Å². The summed E-state index contributed by atoms with van der Waals surface area (Å²) < 4.78 is 13.3. The van der Waals surface area contributed by atoms with Gasteiger partial charge >= 0.3 is 5.97 Å². The molecule has 2 heterocycles. The van der Waals surface area contributed by atoms with E-state index in [0.717, 1.165) is 62.3 Å². The molecule has 0 spiro atoms. The summed E-state index contributed by atoms with van der Waals surface area (Å²) in [6.07, 6.45) is 5.27. The molecule has 7 nitrogen and oxygen atoms in total. The third-order valence-corrected chi connectivity index (χ3v) is 5.84. The molecule has 1 aliphatic heterocycles. The van der Waals surface area contributed by atoms with Gasteiger partial charge < -0.3 is 15.7 Å². The van der Waals surface area contributed by atoms with Gasteiger partial charge in [-0.1, -0.05) is 18.2 Å². The Hall–Kier alpha value is -3.00. The van der Waals surface area contributed by atoms with Crippen molar-refractivity contribution in [3.63, 3.8) is 0 Å². The number of pyridine rings is 1. The normalized spacial score (nSPS) is 13.8. The van der Waals surface area contributed by atoms with Crippen LogP contribution in [0, 0.1) is 5.82 Å². The summed E-state index contributed by atoms with van der Waals surface area (Å²) in [5, 5.41) is 15.3. The lowest BCUT2D eigenvalue weighted by atomic mass is 10.1. The maximum Gasteiger partial charge on any atom is 0.326 e. The molecule has 0 fully saturated rings. The number of halogens is 1. The Morgan fingerprint density at radius 1 is 1.18 bits per heavy atom. The van der Waals surface area contributed by atoms with Crippen LogP contribution in [0.15, 0.2) is 36.4 Å². The minimum Gasteiger partial charge on any atom is -0.480 e. The van der Waals surface area contributed by atoms with Crippen LogP contribution >= 0.6 is 0 Å². The number of aliphatic carboxylic acids is 1. The average Bonchev–Trinajstić information content (AvgIpc) is 2.80. The fraction of sp³-hybridized carbons (Fsp3) is 0.480. The van der Waals surface area contributed by atoms with E-state index >= 15 is 0 Å². The number of nitrogens with one attached hydrogen (secondary N) is 2. The summed E-state index contributed by atoms with van der Waals surface area (Å²) >= 11 is 0. The first kappa shape index (κ1) is 24.6. The molecule has 33 heavy (non-hydrogen) atoms. The number of unbranched alkanes of at least 4 members (excludes halogenated alkanes) is 1. The number of amides is 1. The van der Waals surface area contributed by atoms with Crippen molar-refractivity contribution in [2.75, 3.05) is 25.0 Å². The van der Waals surface area contributed by atoms with Gasteiger partial charge in [-0.05, 0) is 74.4 Å². The number of nitrogens with zero attached hydrogens (tertiary/aromatic N) is 2. The second-order valence-electron chi connectivity index (χ2n) is 8.58. The van der Waals surface area contributed by atoms with Crippen LogP contribution in [0.1, 0.15) is 49.4 Å². The van der Waals surface area contributed by atoms with E-state index in [1.54, 1.807) is 12.1 Å². The molecule has 1 atom stereocenters. The quantitative estimate of drug-likeness (QED) is 0.424. The highest BCUT2D eigenvalue weighted by Gasteiger charge is 2.19. The third kappa shape index (κ3) is 8.13. The lowest BCUT2D eigenvalue weighted by Crippen LogP contribution is -2.42. The Bertz CT molecular complexity index is 936. The number of rotatable bonds is 12. The Kier molecular flexibility index (Phi) is 9.18. The van der Waals surface area contributed by atoms with Gasteiger partial charge in [-0.25, -0.2) is 14.2 Å². The highest BCUT2D eigenvalue weighted by Crippen LogP contribution is 2.20. The first-order chi connectivity index (χ1) is 15.9. The number of anilines is 1. The van der Waals surface area contributed by atoms with Gasteiger partial charge in [0.2, 0.25) is 5.91 Å². The van der Waals surface area contributed by atoms with Gasteiger partial charge in [-0.3, -0.25) is 9.69 Å². The molecule has 0 aliphatic carbocycles. The highest BCUT2D eigenvalue weighted by molar-refractivity contribution is 5.82. The summed E-state index contributed by atoms with van der Waals surface area (Å²) in [6, 6.07) is 9.70. The van der Waals surface area contributed by atoms with Crippen molar-refractivity contribution in [1.29, 1.82) is 0 Å². The lowest BCUT2D eigenvalue weighted by Gasteiger charge is -2.24. The van der Waals surface area contributed by atoms with Crippen molar-refractivity contribution in [2.24, 2.45) is 0 Å². The summed E-state index contributed by atoms with van der Waals surface area (Å²) in [5.74, 6) is -0.679. The zero-order valence-corrected chi connectivity index (χ0v) is 19.1. The molecule has 178 valence electrons. The molecule has 2 aromatic rings. The number of carboxylic acid groups (broad SMARTS) is 1. The van der Waals surface area contributed by atoms with Gasteiger partial charge in [0, 0.05) is 32.3 Å². The minimum atomic E-state index is -1.04. The lowest BCUT2D eigenvalue weighted by molar-refractivity contribution is -0.141. The van der Waals surface area contributed by atoms with Crippen molar-refractivity contribution in [2.45, 2.75) is 58.0 Å². The van der Waals surface area contributed by atoms with E-state index in [-0.39, 0.29) is 11.7 Å². The van der Waals surface area contributed by atoms with Crippen molar-refractivity contribution in [3.8, 4) is 0 Å². The Morgan fingerprint density at radius 2 is 1.97 bits per heavy atom. The van der Waals surface area contributed by atoms with E-state index in [2.05, 4.69) is 27.7 Å². The van der Waals surface area contributed by atoms with E-state index in [1.165, 1.54) is 24.6 Å². The Labute approximate surface area is 194 Å². The number of aryl methyl sites for hydroxylation is 2. The van der Waals surface area contributed by atoms with Gasteiger partial charge in [0.15, 0.2) is 0 Å². The number of fused-ring (bicyclic) bond motifs is 1. The van der Waals surface area contributed by atoms with Crippen LogP contribution in [0.25, 0.3) is 0 Å². The number of hydrogen-bond acceptors (Lipinski definition) is 5. The molecule has 1 aromatic carbocycles.